The van der Waals surface area contributed by atoms with Crippen LogP contribution < -0.4 is 11.1 Å². The van der Waals surface area contributed by atoms with Crippen LogP contribution in [0.15, 0.2) is 0 Å². The quantitative estimate of drug-likeness (QED) is 0.682. The highest BCUT2D eigenvalue weighted by molar-refractivity contribution is 5.82. The second kappa shape index (κ2) is 5.33. The van der Waals surface area contributed by atoms with E-state index in [1.165, 1.54) is 0 Å². The molecule has 2 unspecified atom stereocenters. The molecule has 0 aliphatic carbocycles. The fraction of sp³-hybridized carbons (Fsp3) is 0.750. The number of carbonyl (C=O) groups is 1. The molecule has 1 saturated heterocycles. The fourth-order valence-corrected chi connectivity index (χ4v) is 1.88. The number of nitrogens with one attached hydrogen (secondary N) is 1. The predicted molar refractivity (Wildman–Crippen MR) is 62.6 cm³/mol. The van der Waals surface area contributed by atoms with Gasteiger partial charge in [-0.2, -0.15) is 0 Å². The Kier molecular flexibility index (Phi) is 4.34. The largest absolute Gasteiger partial charge is 0.375 e. The number of nitrogens with two attached hydrogens (primary N) is 1. The monoisotopic (exact) mass is 224 g/mol. The fourth-order valence-electron chi connectivity index (χ4n) is 1.88. The topological polar surface area (TPSA) is 64.4 Å². The van der Waals surface area contributed by atoms with Crippen molar-refractivity contribution in [3.8, 4) is 12.3 Å². The number of carbonyl (C=O) groups excluding carboxylic acids is 1. The van der Waals surface area contributed by atoms with Gasteiger partial charge in [0.05, 0.1) is 11.6 Å². The molecule has 0 aromatic carbocycles. The molecule has 1 aliphatic rings. The molecule has 1 aliphatic heterocycles. The summed E-state index contributed by atoms with van der Waals surface area (Å²) in [6.07, 6.45) is 7.03. The third-order valence-electron chi connectivity index (χ3n) is 2.72. The van der Waals surface area contributed by atoms with Crippen LogP contribution in [-0.2, 0) is 9.53 Å². The summed E-state index contributed by atoms with van der Waals surface area (Å²) in [5.41, 5.74) is 5.45. The summed E-state index contributed by atoms with van der Waals surface area (Å²) in [6.45, 7) is 4.71. The average molecular weight is 224 g/mol. The normalized spacial score (nSPS) is 25.5. The number of hydrogen-bond acceptors (Lipinski definition) is 3. The van der Waals surface area contributed by atoms with Crippen LogP contribution in [-0.4, -0.2) is 30.2 Å². The van der Waals surface area contributed by atoms with E-state index in [9.17, 15) is 4.79 Å². The summed E-state index contributed by atoms with van der Waals surface area (Å²) in [4.78, 5) is 11.6. The molecule has 4 heteroatoms. The Morgan fingerprint density at radius 3 is 3.00 bits per heavy atom. The van der Waals surface area contributed by atoms with Gasteiger partial charge in [-0.1, -0.05) is 0 Å². The first-order valence-electron chi connectivity index (χ1n) is 5.58. The van der Waals surface area contributed by atoms with E-state index < -0.39 is 6.04 Å². The van der Waals surface area contributed by atoms with Gasteiger partial charge in [-0.15, -0.1) is 12.3 Å². The van der Waals surface area contributed by atoms with Crippen LogP contribution in [0.1, 0.15) is 33.1 Å². The maximum absolute atomic E-state index is 11.6. The summed E-state index contributed by atoms with van der Waals surface area (Å²) in [5, 5.41) is 2.92. The molecule has 1 amide bonds. The van der Waals surface area contributed by atoms with Gasteiger partial charge in [-0.25, -0.2) is 0 Å². The molecule has 0 aromatic heterocycles. The second-order valence-corrected chi connectivity index (χ2v) is 4.82. The standard InChI is InChI=1S/C12H20N2O2/c1-4-5-10(13)11(15)14-9-6-7-16-12(2,3)8-9/h1,9-10H,5-8,13H2,2-3H3,(H,14,15). The van der Waals surface area contributed by atoms with Crippen molar-refractivity contribution in [2.24, 2.45) is 5.73 Å². The zero-order chi connectivity index (χ0) is 12.2. The van der Waals surface area contributed by atoms with E-state index in [1.54, 1.807) is 0 Å². The zero-order valence-electron chi connectivity index (χ0n) is 9.95. The average Bonchev–Trinajstić information content (AvgIpc) is 2.16. The van der Waals surface area contributed by atoms with E-state index >= 15 is 0 Å². The Morgan fingerprint density at radius 1 is 1.75 bits per heavy atom. The zero-order valence-corrected chi connectivity index (χ0v) is 9.95. The third-order valence-corrected chi connectivity index (χ3v) is 2.72. The van der Waals surface area contributed by atoms with Crippen molar-refractivity contribution in [2.45, 2.75) is 50.8 Å². The van der Waals surface area contributed by atoms with Gasteiger partial charge < -0.3 is 15.8 Å². The molecule has 1 rings (SSSR count). The van der Waals surface area contributed by atoms with Crippen LogP contribution in [0.4, 0.5) is 0 Å². The van der Waals surface area contributed by atoms with Crippen molar-refractivity contribution in [3.05, 3.63) is 0 Å². The first kappa shape index (κ1) is 13.0. The minimum Gasteiger partial charge on any atom is -0.375 e. The molecule has 3 N–H and O–H groups in total. The van der Waals surface area contributed by atoms with Crippen molar-refractivity contribution < 1.29 is 9.53 Å². The van der Waals surface area contributed by atoms with Crippen molar-refractivity contribution in [1.29, 1.82) is 0 Å². The summed E-state index contributed by atoms with van der Waals surface area (Å²) in [5.74, 6) is 2.23. The van der Waals surface area contributed by atoms with Gasteiger partial charge in [0.2, 0.25) is 5.91 Å². The first-order valence-corrected chi connectivity index (χ1v) is 5.58. The molecule has 0 bridgehead atoms. The molecule has 0 aromatic rings. The van der Waals surface area contributed by atoms with Gasteiger partial charge in [0, 0.05) is 19.1 Å². The Balaban J connectivity index is 2.42. The molecule has 0 radical (unpaired) electrons. The molecule has 1 heterocycles. The Hall–Kier alpha value is -1.05. The lowest BCUT2D eigenvalue weighted by atomic mass is 9.93. The molecular formula is C12H20N2O2. The lowest BCUT2D eigenvalue weighted by molar-refractivity contribution is -0.125. The minimum absolute atomic E-state index is 0.139. The van der Waals surface area contributed by atoms with Crippen LogP contribution in [0, 0.1) is 12.3 Å². The van der Waals surface area contributed by atoms with Crippen molar-refractivity contribution in [1.82, 2.24) is 5.32 Å². The van der Waals surface area contributed by atoms with E-state index in [-0.39, 0.29) is 24.0 Å². The van der Waals surface area contributed by atoms with Gasteiger partial charge in [0.15, 0.2) is 0 Å². The molecule has 1 fully saturated rings. The van der Waals surface area contributed by atoms with Crippen LogP contribution in [0.2, 0.25) is 0 Å². The maximum atomic E-state index is 11.6. The van der Waals surface area contributed by atoms with Crippen molar-refractivity contribution in [3.63, 3.8) is 0 Å². The Morgan fingerprint density at radius 2 is 2.44 bits per heavy atom. The lowest BCUT2D eigenvalue weighted by Crippen LogP contribution is -2.50. The first-order chi connectivity index (χ1) is 7.44. The third kappa shape index (κ3) is 3.84. The minimum atomic E-state index is -0.601. The number of ether oxygens (including phenoxy) is 1. The van der Waals surface area contributed by atoms with E-state index in [1.807, 2.05) is 13.8 Å². The van der Waals surface area contributed by atoms with Gasteiger partial charge in [-0.05, 0) is 26.7 Å². The summed E-state index contributed by atoms with van der Waals surface area (Å²) in [6, 6.07) is -0.462. The molecule has 0 saturated carbocycles. The molecule has 90 valence electrons. The Bertz CT molecular complexity index is 294. The van der Waals surface area contributed by atoms with E-state index in [4.69, 9.17) is 16.9 Å². The van der Waals surface area contributed by atoms with Gasteiger partial charge in [0.1, 0.15) is 0 Å². The SMILES string of the molecule is C#CCC(N)C(=O)NC1CCOC(C)(C)C1. The van der Waals surface area contributed by atoms with Gasteiger partial charge in [0.25, 0.3) is 0 Å². The maximum Gasteiger partial charge on any atom is 0.238 e. The highest BCUT2D eigenvalue weighted by Crippen LogP contribution is 2.23. The van der Waals surface area contributed by atoms with Crippen LogP contribution in [0.5, 0.6) is 0 Å². The molecule has 16 heavy (non-hydrogen) atoms. The molecule has 0 spiro atoms. The van der Waals surface area contributed by atoms with Gasteiger partial charge in [-0.3, -0.25) is 4.79 Å². The van der Waals surface area contributed by atoms with E-state index in [0.717, 1.165) is 12.8 Å². The molecule has 2 atom stereocenters. The van der Waals surface area contributed by atoms with Crippen LogP contribution >= 0.6 is 0 Å². The highest BCUT2D eigenvalue weighted by atomic mass is 16.5. The van der Waals surface area contributed by atoms with E-state index in [2.05, 4.69) is 11.2 Å². The predicted octanol–water partition coefficient (Wildman–Crippen LogP) is 0.411. The number of hydrogen-bond donors (Lipinski definition) is 2. The molecule has 4 nitrogen and oxygen atoms in total. The van der Waals surface area contributed by atoms with Crippen LogP contribution in [0.3, 0.4) is 0 Å². The van der Waals surface area contributed by atoms with Crippen LogP contribution in [0.25, 0.3) is 0 Å². The Labute approximate surface area is 96.9 Å². The van der Waals surface area contributed by atoms with E-state index in [0.29, 0.717) is 6.61 Å². The van der Waals surface area contributed by atoms with Crippen molar-refractivity contribution >= 4 is 5.91 Å². The van der Waals surface area contributed by atoms with Crippen molar-refractivity contribution in [2.75, 3.05) is 6.61 Å². The lowest BCUT2D eigenvalue weighted by Gasteiger charge is -2.36. The molecular weight excluding hydrogens is 204 g/mol. The summed E-state index contributed by atoms with van der Waals surface area (Å²) >= 11 is 0. The second-order valence-electron chi connectivity index (χ2n) is 4.82. The smallest absolute Gasteiger partial charge is 0.238 e. The summed E-state index contributed by atoms with van der Waals surface area (Å²) in [7, 11) is 0. The number of rotatable bonds is 3. The van der Waals surface area contributed by atoms with Gasteiger partial charge >= 0.3 is 0 Å². The number of terminal acetylenes is 1. The summed E-state index contributed by atoms with van der Waals surface area (Å²) < 4.78 is 5.57. The number of amides is 1. The highest BCUT2D eigenvalue weighted by Gasteiger charge is 2.30.